The van der Waals surface area contributed by atoms with Crippen LogP contribution in [0.3, 0.4) is 0 Å². The molecule has 0 spiro atoms. The quantitative estimate of drug-likeness (QED) is 0.878. The summed E-state index contributed by atoms with van der Waals surface area (Å²) in [7, 11) is 0. The molecule has 0 amide bonds. The fourth-order valence-corrected chi connectivity index (χ4v) is 1.89. The van der Waals surface area contributed by atoms with Crippen LogP contribution in [-0.2, 0) is 5.41 Å². The average Bonchev–Trinajstić information content (AvgIpc) is 2.87. The van der Waals surface area contributed by atoms with Gasteiger partial charge >= 0.3 is 5.69 Å². The highest BCUT2D eigenvalue weighted by atomic mass is 19.1. The summed E-state index contributed by atoms with van der Waals surface area (Å²) in [6.07, 6.45) is 1.50. The van der Waals surface area contributed by atoms with E-state index in [-0.39, 0.29) is 23.6 Å². The molecule has 7 heteroatoms. The highest BCUT2D eigenvalue weighted by Crippen LogP contribution is 2.25. The Labute approximate surface area is 132 Å². The van der Waals surface area contributed by atoms with Crippen molar-refractivity contribution in [3.63, 3.8) is 0 Å². The van der Waals surface area contributed by atoms with E-state index < -0.39 is 16.9 Å². The number of aromatic amines is 1. The maximum Gasteiger partial charge on any atom is 0.348 e. The molecule has 1 heterocycles. The van der Waals surface area contributed by atoms with Gasteiger partial charge in [-0.2, -0.15) is 9.94 Å². The Balaban J connectivity index is 2.60. The van der Waals surface area contributed by atoms with Crippen LogP contribution in [0.1, 0.15) is 32.2 Å². The molecule has 2 rings (SSSR count). The van der Waals surface area contributed by atoms with E-state index in [0.29, 0.717) is 5.82 Å². The number of H-pyrrole nitrogens is 1. The van der Waals surface area contributed by atoms with E-state index in [9.17, 15) is 9.18 Å². The molecule has 0 bridgehead atoms. The van der Waals surface area contributed by atoms with Crippen LogP contribution in [0.15, 0.2) is 29.6 Å². The number of benzene rings is 1. The molecule has 0 unspecified atom stereocenters. The van der Waals surface area contributed by atoms with Crippen molar-refractivity contribution in [3.8, 4) is 17.5 Å². The molecule has 1 N–H and O–H groups in total. The van der Waals surface area contributed by atoms with Gasteiger partial charge in [0.2, 0.25) is 0 Å². The van der Waals surface area contributed by atoms with Gasteiger partial charge in [0.25, 0.3) is 0 Å². The lowest BCUT2D eigenvalue weighted by Crippen LogP contribution is -2.17. The van der Waals surface area contributed by atoms with Gasteiger partial charge in [-0.15, -0.1) is 5.10 Å². The third-order valence-corrected chi connectivity index (χ3v) is 3.08. The molecule has 0 aliphatic carbocycles. The molecule has 0 fully saturated rings. The number of halogens is 1. The molecule has 0 saturated heterocycles. The molecule has 6 nitrogen and oxygen atoms in total. The number of nitrogens with zero attached hydrogens (tertiary/aromatic N) is 3. The van der Waals surface area contributed by atoms with Crippen LogP contribution in [0.4, 0.5) is 4.39 Å². The fourth-order valence-electron chi connectivity index (χ4n) is 1.89. The second-order valence-corrected chi connectivity index (χ2v) is 5.95. The number of aromatic nitrogens is 3. The third-order valence-electron chi connectivity index (χ3n) is 3.08. The van der Waals surface area contributed by atoms with Crippen LogP contribution in [-0.4, -0.2) is 21.4 Å². The number of nitrogens with one attached hydrogen (secondary N) is 1. The second kappa shape index (κ2) is 6.08. The summed E-state index contributed by atoms with van der Waals surface area (Å²) in [5.41, 5.74) is -1.00. The zero-order valence-corrected chi connectivity index (χ0v) is 13.2. The summed E-state index contributed by atoms with van der Waals surface area (Å²) in [5.74, 6) is -0.141. The van der Waals surface area contributed by atoms with Gasteiger partial charge in [-0.1, -0.05) is 33.4 Å². The van der Waals surface area contributed by atoms with E-state index >= 15 is 0 Å². The first-order chi connectivity index (χ1) is 10.8. The average molecular weight is 316 g/mol. The predicted molar refractivity (Wildman–Crippen MR) is 83.2 cm³/mol. The molecular weight excluding hydrogens is 299 g/mol. The Bertz CT molecular complexity index is 837. The van der Waals surface area contributed by atoms with Crippen LogP contribution in [0.25, 0.3) is 5.69 Å². The molecule has 0 atom stereocenters. The molecule has 0 aliphatic rings. The van der Waals surface area contributed by atoms with Crippen LogP contribution < -0.4 is 10.4 Å². The van der Waals surface area contributed by atoms with Gasteiger partial charge in [0, 0.05) is 11.5 Å². The molecule has 2 aromatic rings. The largest absolute Gasteiger partial charge is 0.488 e. The number of hydrogen-bond donors (Lipinski definition) is 1. The lowest BCUT2D eigenvalue weighted by atomic mass is 9.96. The van der Waals surface area contributed by atoms with Gasteiger partial charge in [-0.25, -0.2) is 9.18 Å². The van der Waals surface area contributed by atoms with E-state index in [2.05, 4.69) is 16.7 Å². The number of nitriles is 1. The first-order valence-corrected chi connectivity index (χ1v) is 6.95. The maximum atomic E-state index is 14.3. The number of ether oxygens (including phenoxy) is 1. The summed E-state index contributed by atoms with van der Waals surface area (Å²) >= 11 is 0. The minimum absolute atomic E-state index is 0.0349. The van der Waals surface area contributed by atoms with Crippen LogP contribution in [0, 0.1) is 17.1 Å². The van der Waals surface area contributed by atoms with Crippen molar-refractivity contribution >= 4 is 0 Å². The van der Waals surface area contributed by atoms with Crippen molar-refractivity contribution in [2.45, 2.75) is 26.2 Å². The zero-order chi connectivity index (χ0) is 17.2. The van der Waals surface area contributed by atoms with E-state index in [1.807, 2.05) is 26.8 Å². The van der Waals surface area contributed by atoms with Crippen LogP contribution >= 0.6 is 0 Å². The predicted octanol–water partition coefficient (Wildman–Crippen LogP) is 2.43. The molecular formula is C16H17FN4O2. The molecule has 23 heavy (non-hydrogen) atoms. The number of rotatable bonds is 4. The van der Waals surface area contributed by atoms with Crippen molar-refractivity contribution in [3.05, 3.63) is 52.5 Å². The SMILES string of the molecule is C=CCOc1cc(-n2nc(C(C)(C)C)[nH]c2=O)c(F)cc1C#N. The molecule has 120 valence electrons. The molecule has 1 aromatic heterocycles. The van der Waals surface area contributed by atoms with E-state index in [0.717, 1.165) is 10.7 Å². The Morgan fingerprint density at radius 2 is 2.22 bits per heavy atom. The lowest BCUT2D eigenvalue weighted by Gasteiger charge is -2.13. The third kappa shape index (κ3) is 3.31. The van der Waals surface area contributed by atoms with E-state index in [1.54, 1.807) is 0 Å². The summed E-state index contributed by atoms with van der Waals surface area (Å²) in [4.78, 5) is 14.7. The Kier molecular flexibility index (Phi) is 4.36. The Morgan fingerprint density at radius 1 is 1.52 bits per heavy atom. The van der Waals surface area contributed by atoms with Crippen molar-refractivity contribution in [1.29, 1.82) is 5.26 Å². The second-order valence-electron chi connectivity index (χ2n) is 5.95. The van der Waals surface area contributed by atoms with Crippen molar-refractivity contribution in [2.75, 3.05) is 6.61 Å². The number of hydrogen-bond acceptors (Lipinski definition) is 4. The summed E-state index contributed by atoms with van der Waals surface area (Å²) < 4.78 is 20.5. The summed E-state index contributed by atoms with van der Waals surface area (Å²) in [5, 5.41) is 13.2. The lowest BCUT2D eigenvalue weighted by molar-refractivity contribution is 0.361. The minimum Gasteiger partial charge on any atom is -0.488 e. The van der Waals surface area contributed by atoms with Gasteiger partial charge in [-0.05, 0) is 6.07 Å². The summed E-state index contributed by atoms with van der Waals surface area (Å²) in [6.45, 7) is 9.31. The first-order valence-electron chi connectivity index (χ1n) is 6.95. The van der Waals surface area contributed by atoms with Gasteiger partial charge in [0.05, 0.1) is 5.56 Å². The highest BCUT2D eigenvalue weighted by Gasteiger charge is 2.22. The van der Waals surface area contributed by atoms with E-state index in [4.69, 9.17) is 10.00 Å². The molecule has 0 saturated carbocycles. The molecule has 0 aliphatic heterocycles. The van der Waals surface area contributed by atoms with Crippen molar-refractivity contribution in [2.24, 2.45) is 0 Å². The zero-order valence-electron chi connectivity index (χ0n) is 13.2. The molecule has 0 radical (unpaired) electrons. The van der Waals surface area contributed by atoms with Gasteiger partial charge in [-0.3, -0.25) is 4.98 Å². The molecule has 1 aromatic carbocycles. The van der Waals surface area contributed by atoms with Crippen LogP contribution in [0.2, 0.25) is 0 Å². The topological polar surface area (TPSA) is 83.7 Å². The highest BCUT2D eigenvalue weighted by molar-refractivity contribution is 5.51. The smallest absolute Gasteiger partial charge is 0.348 e. The van der Waals surface area contributed by atoms with Gasteiger partial charge < -0.3 is 4.74 Å². The van der Waals surface area contributed by atoms with Gasteiger partial charge in [0.1, 0.15) is 29.9 Å². The minimum atomic E-state index is -0.735. The van der Waals surface area contributed by atoms with E-state index in [1.165, 1.54) is 12.1 Å². The van der Waals surface area contributed by atoms with Crippen molar-refractivity contribution < 1.29 is 9.13 Å². The monoisotopic (exact) mass is 316 g/mol. The Hall–Kier alpha value is -2.88. The van der Waals surface area contributed by atoms with Gasteiger partial charge in [0.15, 0.2) is 5.82 Å². The van der Waals surface area contributed by atoms with Crippen molar-refractivity contribution in [1.82, 2.24) is 14.8 Å². The van der Waals surface area contributed by atoms with Crippen LogP contribution in [0.5, 0.6) is 5.75 Å². The fraction of sp³-hybridized carbons (Fsp3) is 0.312. The normalized spacial score (nSPS) is 11.1. The Morgan fingerprint density at radius 3 is 2.74 bits per heavy atom. The standard InChI is InChI=1S/C16H17FN4O2/c1-5-6-23-13-8-12(11(17)7-10(13)9-18)21-15(22)19-14(20-21)16(2,3)4/h5,7-8H,1,6H2,2-4H3,(H,19,20,22). The summed E-state index contributed by atoms with van der Waals surface area (Å²) in [6, 6.07) is 4.16. The maximum absolute atomic E-state index is 14.3. The first kappa shape index (κ1) is 16.5.